The molecule has 6 heteroatoms. The minimum Gasteiger partial charge on any atom is -0.452 e. The quantitative estimate of drug-likeness (QED) is 0.791. The molecule has 6 nitrogen and oxygen atoms in total. The third kappa shape index (κ3) is 5.91. The minimum absolute atomic E-state index is 0.355. The summed E-state index contributed by atoms with van der Waals surface area (Å²) < 4.78 is 4.95. The van der Waals surface area contributed by atoms with Gasteiger partial charge >= 0.3 is 12.0 Å². The van der Waals surface area contributed by atoms with E-state index < -0.39 is 24.5 Å². The number of hydrogen-bond donors (Lipinski definition) is 2. The summed E-state index contributed by atoms with van der Waals surface area (Å²) in [5.74, 6) is -0.823. The maximum absolute atomic E-state index is 12.0. The van der Waals surface area contributed by atoms with Crippen LogP contribution in [0.25, 0.3) is 10.8 Å². The molecule has 0 unspecified atom stereocenters. The Morgan fingerprint density at radius 2 is 1.76 bits per heavy atom. The lowest BCUT2D eigenvalue weighted by Gasteiger charge is -2.09. The number of imide groups is 1. The molecule has 2 aromatic carbocycles. The van der Waals surface area contributed by atoms with Crippen molar-refractivity contribution in [1.29, 1.82) is 0 Å². The third-order valence-electron chi connectivity index (χ3n) is 3.58. The first-order chi connectivity index (χ1) is 12.0. The van der Waals surface area contributed by atoms with Crippen LogP contribution in [0.1, 0.15) is 30.6 Å². The Labute approximate surface area is 146 Å². The maximum atomic E-state index is 12.0. The molecule has 2 rings (SSSR count). The summed E-state index contributed by atoms with van der Waals surface area (Å²) in [7, 11) is 0. The van der Waals surface area contributed by atoms with E-state index in [-0.39, 0.29) is 0 Å². The molecule has 0 saturated carbocycles. The van der Waals surface area contributed by atoms with E-state index in [0.29, 0.717) is 18.0 Å². The topological polar surface area (TPSA) is 84.5 Å². The second-order valence-electron chi connectivity index (χ2n) is 6.12. The number of rotatable bonds is 6. The molecule has 0 fully saturated rings. The largest absolute Gasteiger partial charge is 0.452 e. The predicted octanol–water partition coefficient (Wildman–Crippen LogP) is 2.87. The van der Waals surface area contributed by atoms with Crippen LogP contribution in [0.15, 0.2) is 42.5 Å². The number of nitrogens with one attached hydrogen (secondary N) is 2. The lowest BCUT2D eigenvalue weighted by Crippen LogP contribution is -2.41. The summed E-state index contributed by atoms with van der Waals surface area (Å²) in [4.78, 5) is 35.2. The van der Waals surface area contributed by atoms with Crippen LogP contribution in [0.5, 0.6) is 0 Å². The Morgan fingerprint density at radius 1 is 1.04 bits per heavy atom. The molecule has 0 aliphatic carbocycles. The van der Waals surface area contributed by atoms with Crippen molar-refractivity contribution < 1.29 is 19.1 Å². The van der Waals surface area contributed by atoms with Crippen LogP contribution in [0.2, 0.25) is 0 Å². The SMILES string of the molecule is CC(C)CCNC(=O)NC(=O)COC(=O)c1ccc2ccccc2c1. The number of esters is 1. The van der Waals surface area contributed by atoms with Crippen molar-refractivity contribution >= 4 is 28.7 Å². The van der Waals surface area contributed by atoms with Crippen molar-refractivity contribution in [3.8, 4) is 0 Å². The Hall–Kier alpha value is -2.89. The molecule has 0 aliphatic heterocycles. The molecule has 0 saturated heterocycles. The van der Waals surface area contributed by atoms with Crippen molar-refractivity contribution in [2.45, 2.75) is 20.3 Å². The second-order valence-corrected chi connectivity index (χ2v) is 6.12. The third-order valence-corrected chi connectivity index (χ3v) is 3.58. The standard InChI is InChI=1S/C19H22N2O4/c1-13(2)9-10-20-19(24)21-17(22)12-25-18(23)16-8-7-14-5-3-4-6-15(14)11-16/h3-8,11,13H,9-10,12H2,1-2H3,(H2,20,21,22,24). The van der Waals surface area contributed by atoms with Crippen LogP contribution in [0.3, 0.4) is 0 Å². The summed E-state index contributed by atoms with van der Waals surface area (Å²) in [6.45, 7) is 4.05. The molecule has 3 amide bonds. The Morgan fingerprint density at radius 3 is 2.48 bits per heavy atom. The minimum atomic E-state index is -0.670. The molecule has 2 aromatic rings. The van der Waals surface area contributed by atoms with Crippen LogP contribution < -0.4 is 10.6 Å². The number of ether oxygens (including phenoxy) is 1. The fourth-order valence-electron chi connectivity index (χ4n) is 2.21. The lowest BCUT2D eigenvalue weighted by molar-refractivity contribution is -0.123. The molecule has 0 aromatic heterocycles. The summed E-state index contributed by atoms with van der Waals surface area (Å²) in [5.41, 5.74) is 0.355. The van der Waals surface area contributed by atoms with Gasteiger partial charge in [-0.05, 0) is 35.2 Å². The lowest BCUT2D eigenvalue weighted by atomic mass is 10.1. The van der Waals surface area contributed by atoms with Gasteiger partial charge in [0.25, 0.3) is 5.91 Å². The van der Waals surface area contributed by atoms with Crippen molar-refractivity contribution in [3.63, 3.8) is 0 Å². The normalized spacial score (nSPS) is 10.5. The van der Waals surface area contributed by atoms with Crippen molar-refractivity contribution in [3.05, 3.63) is 48.0 Å². The predicted molar refractivity (Wildman–Crippen MR) is 95.2 cm³/mol. The van der Waals surface area contributed by atoms with E-state index in [1.807, 2.05) is 44.2 Å². The Kier molecular flexibility index (Phi) is 6.51. The number of carbonyl (C=O) groups is 3. The van der Waals surface area contributed by atoms with Crippen LogP contribution in [-0.2, 0) is 9.53 Å². The molecule has 132 valence electrons. The number of benzene rings is 2. The van der Waals surface area contributed by atoms with Gasteiger partial charge in [-0.1, -0.05) is 44.2 Å². The van der Waals surface area contributed by atoms with E-state index in [4.69, 9.17) is 4.74 Å². The van der Waals surface area contributed by atoms with Crippen LogP contribution in [0, 0.1) is 5.92 Å². The van der Waals surface area contributed by atoms with E-state index in [2.05, 4.69) is 10.6 Å². The van der Waals surface area contributed by atoms with Crippen LogP contribution in [-0.4, -0.2) is 31.1 Å². The summed E-state index contributed by atoms with van der Waals surface area (Å²) in [5, 5.41) is 6.61. The van der Waals surface area contributed by atoms with Crippen LogP contribution in [0.4, 0.5) is 4.79 Å². The van der Waals surface area contributed by atoms with E-state index in [1.54, 1.807) is 12.1 Å². The molecular weight excluding hydrogens is 320 g/mol. The van der Waals surface area contributed by atoms with Gasteiger partial charge in [0.2, 0.25) is 0 Å². The zero-order valence-corrected chi connectivity index (χ0v) is 14.4. The number of hydrogen-bond acceptors (Lipinski definition) is 4. The van der Waals surface area contributed by atoms with Gasteiger partial charge in [-0.25, -0.2) is 9.59 Å². The molecule has 0 radical (unpaired) electrons. The second kappa shape index (κ2) is 8.82. The highest BCUT2D eigenvalue weighted by Crippen LogP contribution is 2.16. The van der Waals surface area contributed by atoms with E-state index in [0.717, 1.165) is 17.2 Å². The van der Waals surface area contributed by atoms with Crippen LogP contribution >= 0.6 is 0 Å². The van der Waals surface area contributed by atoms with E-state index in [1.165, 1.54) is 0 Å². The smallest absolute Gasteiger partial charge is 0.338 e. The number of amides is 3. The van der Waals surface area contributed by atoms with E-state index >= 15 is 0 Å². The first-order valence-electron chi connectivity index (χ1n) is 8.19. The number of carbonyl (C=O) groups excluding carboxylic acids is 3. The molecule has 0 bridgehead atoms. The molecule has 0 heterocycles. The molecule has 2 N–H and O–H groups in total. The fraction of sp³-hybridized carbons (Fsp3) is 0.316. The van der Waals surface area contributed by atoms with Crippen molar-refractivity contribution in [2.24, 2.45) is 5.92 Å². The van der Waals surface area contributed by atoms with E-state index in [9.17, 15) is 14.4 Å². The average molecular weight is 342 g/mol. The summed E-state index contributed by atoms with van der Waals surface area (Å²) in [6.07, 6.45) is 0.818. The fourth-order valence-corrected chi connectivity index (χ4v) is 2.21. The van der Waals surface area contributed by atoms with Gasteiger partial charge in [0.15, 0.2) is 6.61 Å². The molecule has 0 spiro atoms. The molecule has 25 heavy (non-hydrogen) atoms. The van der Waals surface area contributed by atoms with Gasteiger partial charge in [0, 0.05) is 6.54 Å². The monoisotopic (exact) mass is 342 g/mol. The summed E-state index contributed by atoms with van der Waals surface area (Å²) in [6, 6.07) is 12.2. The van der Waals surface area contributed by atoms with Crippen molar-refractivity contribution in [2.75, 3.05) is 13.2 Å². The van der Waals surface area contributed by atoms with Gasteiger partial charge in [-0.2, -0.15) is 0 Å². The van der Waals surface area contributed by atoms with Gasteiger partial charge in [-0.15, -0.1) is 0 Å². The van der Waals surface area contributed by atoms with Crippen molar-refractivity contribution in [1.82, 2.24) is 10.6 Å². The maximum Gasteiger partial charge on any atom is 0.338 e. The first-order valence-corrected chi connectivity index (χ1v) is 8.19. The van der Waals surface area contributed by atoms with Gasteiger partial charge in [-0.3, -0.25) is 10.1 Å². The summed E-state index contributed by atoms with van der Waals surface area (Å²) >= 11 is 0. The number of fused-ring (bicyclic) bond motifs is 1. The number of urea groups is 1. The molecular formula is C19H22N2O4. The first kappa shape index (κ1) is 18.4. The highest BCUT2D eigenvalue weighted by atomic mass is 16.5. The van der Waals surface area contributed by atoms with Gasteiger partial charge in [0.05, 0.1) is 5.56 Å². The Bertz CT molecular complexity index is 771. The highest BCUT2D eigenvalue weighted by Gasteiger charge is 2.12. The molecule has 0 atom stereocenters. The van der Waals surface area contributed by atoms with Gasteiger partial charge < -0.3 is 10.1 Å². The molecule has 0 aliphatic rings. The van der Waals surface area contributed by atoms with Gasteiger partial charge in [0.1, 0.15) is 0 Å². The highest BCUT2D eigenvalue weighted by molar-refractivity contribution is 5.98. The zero-order chi connectivity index (χ0) is 18.2. The average Bonchev–Trinajstić information content (AvgIpc) is 2.58. The zero-order valence-electron chi connectivity index (χ0n) is 14.4. The Balaban J connectivity index is 1.80.